The zero-order chi connectivity index (χ0) is 12.8. The van der Waals surface area contributed by atoms with Gasteiger partial charge in [-0.15, -0.1) is 0 Å². The molecule has 0 aliphatic carbocycles. The topological polar surface area (TPSA) is 60.1 Å². The van der Waals surface area contributed by atoms with E-state index in [2.05, 4.69) is 18.0 Å². The maximum Gasteiger partial charge on any atom is 0.147 e. The predicted molar refractivity (Wildman–Crippen MR) is 68.0 cm³/mol. The fraction of sp³-hybridized carbons (Fsp3) is 0.538. The van der Waals surface area contributed by atoms with E-state index in [9.17, 15) is 5.26 Å². The lowest BCUT2D eigenvalue weighted by molar-refractivity contribution is 0.301. The van der Waals surface area contributed by atoms with Crippen molar-refractivity contribution in [3.05, 3.63) is 22.9 Å². The average Bonchev–Trinajstić information content (AvgIpc) is 2.28. The first kappa shape index (κ1) is 13.5. The maximum atomic E-state index is 9.20. The van der Waals surface area contributed by atoms with E-state index in [4.69, 9.17) is 5.11 Å². The van der Waals surface area contributed by atoms with Gasteiger partial charge in [-0.25, -0.2) is 4.98 Å². The molecular weight excluding hydrogens is 214 g/mol. The molecule has 0 aliphatic heterocycles. The number of hydrogen-bond donors (Lipinski definition) is 1. The summed E-state index contributed by atoms with van der Waals surface area (Å²) in [5.41, 5.74) is 2.45. The molecule has 4 heteroatoms. The Hall–Kier alpha value is -1.60. The molecule has 17 heavy (non-hydrogen) atoms. The minimum Gasteiger partial charge on any atom is -0.395 e. The number of aromatic nitrogens is 1. The Balaban J connectivity index is 3.21. The van der Waals surface area contributed by atoms with Crippen molar-refractivity contribution in [2.45, 2.75) is 27.2 Å². The highest BCUT2D eigenvalue weighted by atomic mass is 16.3. The van der Waals surface area contributed by atoms with Crippen LogP contribution in [0.5, 0.6) is 0 Å². The Bertz CT molecular complexity index is 417. The zero-order valence-electron chi connectivity index (χ0n) is 10.7. The van der Waals surface area contributed by atoms with Crippen LogP contribution in [0.1, 0.15) is 30.2 Å². The van der Waals surface area contributed by atoms with Crippen molar-refractivity contribution in [3.8, 4) is 6.07 Å². The normalized spacial score (nSPS) is 10.1. The van der Waals surface area contributed by atoms with Crippen molar-refractivity contribution >= 4 is 5.82 Å². The molecular formula is C13H19N3O. The molecule has 0 amide bonds. The van der Waals surface area contributed by atoms with Gasteiger partial charge < -0.3 is 10.0 Å². The lowest BCUT2D eigenvalue weighted by Gasteiger charge is -2.24. The van der Waals surface area contributed by atoms with Crippen molar-refractivity contribution in [3.63, 3.8) is 0 Å². The largest absolute Gasteiger partial charge is 0.395 e. The molecule has 92 valence electrons. The number of aryl methyl sites for hydroxylation is 2. The Morgan fingerprint density at radius 3 is 2.65 bits per heavy atom. The fourth-order valence-corrected chi connectivity index (χ4v) is 1.90. The van der Waals surface area contributed by atoms with Crippen LogP contribution >= 0.6 is 0 Å². The van der Waals surface area contributed by atoms with Crippen LogP contribution in [0.25, 0.3) is 0 Å². The molecule has 0 fully saturated rings. The van der Waals surface area contributed by atoms with Gasteiger partial charge in [0.2, 0.25) is 0 Å². The van der Waals surface area contributed by atoms with E-state index in [1.807, 2.05) is 24.8 Å². The van der Waals surface area contributed by atoms with Crippen LogP contribution < -0.4 is 4.90 Å². The van der Waals surface area contributed by atoms with Gasteiger partial charge in [0.05, 0.1) is 12.2 Å². The summed E-state index contributed by atoms with van der Waals surface area (Å²) < 4.78 is 0. The van der Waals surface area contributed by atoms with E-state index in [1.54, 1.807) is 0 Å². The first-order valence-electron chi connectivity index (χ1n) is 5.88. The molecule has 1 N–H and O–H groups in total. The third kappa shape index (κ3) is 3.18. The highest BCUT2D eigenvalue weighted by Crippen LogP contribution is 2.21. The first-order valence-corrected chi connectivity index (χ1v) is 5.88. The van der Waals surface area contributed by atoms with E-state index >= 15 is 0 Å². The third-order valence-corrected chi connectivity index (χ3v) is 2.60. The van der Waals surface area contributed by atoms with Crippen LogP contribution in [0.2, 0.25) is 0 Å². The Morgan fingerprint density at radius 2 is 2.12 bits per heavy atom. The number of pyridine rings is 1. The molecule has 0 bridgehead atoms. The summed E-state index contributed by atoms with van der Waals surface area (Å²) in [6.45, 7) is 7.28. The smallest absolute Gasteiger partial charge is 0.147 e. The van der Waals surface area contributed by atoms with Crippen molar-refractivity contribution in [1.29, 1.82) is 5.26 Å². The van der Waals surface area contributed by atoms with Crippen LogP contribution in [-0.4, -0.2) is 29.8 Å². The lowest BCUT2D eigenvalue weighted by atomic mass is 10.1. The number of aliphatic hydroxyl groups is 1. The summed E-state index contributed by atoms with van der Waals surface area (Å²) >= 11 is 0. The molecule has 1 aromatic heterocycles. The molecule has 1 aromatic rings. The summed E-state index contributed by atoms with van der Waals surface area (Å²) in [5.74, 6) is 0.695. The van der Waals surface area contributed by atoms with E-state index in [0.29, 0.717) is 17.9 Å². The van der Waals surface area contributed by atoms with Gasteiger partial charge in [-0.2, -0.15) is 5.26 Å². The average molecular weight is 233 g/mol. The van der Waals surface area contributed by atoms with Gasteiger partial charge in [-0.3, -0.25) is 0 Å². The number of nitrogens with zero attached hydrogens (tertiary/aromatic N) is 3. The second-order valence-corrected chi connectivity index (χ2v) is 4.10. The summed E-state index contributed by atoms with van der Waals surface area (Å²) in [7, 11) is 0. The van der Waals surface area contributed by atoms with Crippen LogP contribution in [-0.2, 0) is 0 Å². The zero-order valence-corrected chi connectivity index (χ0v) is 10.7. The molecule has 0 aliphatic rings. The second-order valence-electron chi connectivity index (χ2n) is 4.10. The van der Waals surface area contributed by atoms with E-state index in [-0.39, 0.29) is 6.61 Å². The fourth-order valence-electron chi connectivity index (χ4n) is 1.90. The summed E-state index contributed by atoms with van der Waals surface area (Å²) in [6, 6.07) is 4.11. The second kappa shape index (κ2) is 6.21. The third-order valence-electron chi connectivity index (χ3n) is 2.60. The van der Waals surface area contributed by atoms with E-state index in [1.165, 1.54) is 0 Å². The van der Waals surface area contributed by atoms with Crippen LogP contribution in [0.3, 0.4) is 0 Å². The molecule has 0 spiro atoms. The van der Waals surface area contributed by atoms with Crippen molar-refractivity contribution in [2.75, 3.05) is 24.6 Å². The number of rotatable bonds is 5. The molecule has 1 rings (SSSR count). The van der Waals surface area contributed by atoms with E-state index in [0.717, 1.165) is 24.2 Å². The van der Waals surface area contributed by atoms with Crippen molar-refractivity contribution < 1.29 is 5.11 Å². The number of aliphatic hydroxyl groups excluding tert-OH is 1. The van der Waals surface area contributed by atoms with Gasteiger partial charge in [0.25, 0.3) is 0 Å². The summed E-state index contributed by atoms with van der Waals surface area (Å²) in [5, 5.41) is 18.3. The molecule has 0 saturated carbocycles. The minimum atomic E-state index is 0.0690. The number of anilines is 1. The monoisotopic (exact) mass is 233 g/mol. The van der Waals surface area contributed by atoms with Gasteiger partial charge >= 0.3 is 0 Å². The molecule has 0 atom stereocenters. The van der Waals surface area contributed by atoms with Gasteiger partial charge in [-0.05, 0) is 31.9 Å². The molecule has 0 saturated heterocycles. The Kier molecular flexibility index (Phi) is 4.92. The first-order chi connectivity index (χ1) is 8.13. The minimum absolute atomic E-state index is 0.0690. The lowest BCUT2D eigenvalue weighted by Crippen LogP contribution is -2.29. The van der Waals surface area contributed by atoms with Gasteiger partial charge in [0.15, 0.2) is 0 Å². The number of nitriles is 1. The highest BCUT2D eigenvalue weighted by molar-refractivity contribution is 5.58. The molecule has 4 nitrogen and oxygen atoms in total. The Morgan fingerprint density at radius 1 is 1.41 bits per heavy atom. The number of hydrogen-bond acceptors (Lipinski definition) is 4. The van der Waals surface area contributed by atoms with Crippen molar-refractivity contribution in [2.24, 2.45) is 0 Å². The van der Waals surface area contributed by atoms with E-state index < -0.39 is 0 Å². The summed E-state index contributed by atoms with van der Waals surface area (Å²) in [4.78, 5) is 6.41. The van der Waals surface area contributed by atoms with Gasteiger partial charge in [0, 0.05) is 18.8 Å². The Labute approximate surface area is 103 Å². The SMILES string of the molecule is CCCN(CCO)c1nc(C)cc(C)c1C#N. The summed E-state index contributed by atoms with van der Waals surface area (Å²) in [6.07, 6.45) is 0.958. The quantitative estimate of drug-likeness (QED) is 0.842. The van der Waals surface area contributed by atoms with Crippen LogP contribution in [0.4, 0.5) is 5.82 Å². The van der Waals surface area contributed by atoms with Crippen LogP contribution in [0, 0.1) is 25.2 Å². The van der Waals surface area contributed by atoms with Crippen LogP contribution in [0.15, 0.2) is 6.07 Å². The highest BCUT2D eigenvalue weighted by Gasteiger charge is 2.14. The molecule has 0 radical (unpaired) electrons. The molecule has 1 heterocycles. The van der Waals surface area contributed by atoms with Crippen molar-refractivity contribution in [1.82, 2.24) is 4.98 Å². The van der Waals surface area contributed by atoms with Gasteiger partial charge in [-0.1, -0.05) is 6.92 Å². The molecule has 0 unspecified atom stereocenters. The van der Waals surface area contributed by atoms with Gasteiger partial charge in [0.1, 0.15) is 11.9 Å². The standard InChI is InChI=1S/C13H19N3O/c1-4-5-16(6-7-17)13-12(9-14)10(2)8-11(3)15-13/h8,17H,4-7H2,1-3H3. The molecule has 0 aromatic carbocycles. The maximum absolute atomic E-state index is 9.20. The predicted octanol–water partition coefficient (Wildman–Crippen LogP) is 1.78.